The van der Waals surface area contributed by atoms with Crippen molar-refractivity contribution >= 4 is 29.1 Å². The van der Waals surface area contributed by atoms with Crippen LogP contribution in [0.15, 0.2) is 24.3 Å². The molecule has 0 aromatic heterocycles. The van der Waals surface area contributed by atoms with Gasteiger partial charge < -0.3 is 10.2 Å². The number of rotatable bonds is 7. The van der Waals surface area contributed by atoms with Gasteiger partial charge in [-0.3, -0.25) is 14.9 Å². The molecule has 27 heavy (non-hydrogen) atoms. The molecule has 0 saturated carbocycles. The van der Waals surface area contributed by atoms with Crippen LogP contribution in [-0.4, -0.2) is 32.8 Å². The van der Waals surface area contributed by atoms with Gasteiger partial charge >= 0.3 is 0 Å². The molecule has 10 heteroatoms. The Balaban J connectivity index is 2.27. The minimum atomic E-state index is -0.932. The summed E-state index contributed by atoms with van der Waals surface area (Å²) in [4.78, 5) is 12.8. The van der Waals surface area contributed by atoms with Crippen molar-refractivity contribution in [3.8, 4) is 11.5 Å². The highest BCUT2D eigenvalue weighted by Gasteiger charge is 2.19. The SMILES string of the molecule is O=C(CCN(Cc1ccc(Cl)c(O)c1F)Cc1ccc(Cl)c(O)c1F)NO. The van der Waals surface area contributed by atoms with Crippen molar-refractivity contribution in [3.63, 3.8) is 0 Å². The van der Waals surface area contributed by atoms with Crippen LogP contribution in [0.3, 0.4) is 0 Å². The first-order valence-corrected chi connectivity index (χ1v) is 8.47. The molecule has 0 heterocycles. The molecule has 2 rings (SSSR count). The molecule has 0 atom stereocenters. The zero-order valence-corrected chi connectivity index (χ0v) is 15.4. The van der Waals surface area contributed by atoms with Crippen molar-refractivity contribution < 1.29 is 29.0 Å². The quantitative estimate of drug-likeness (QED) is 0.405. The fourth-order valence-electron chi connectivity index (χ4n) is 2.42. The highest BCUT2D eigenvalue weighted by Crippen LogP contribution is 2.31. The number of halogens is 4. The highest BCUT2D eigenvalue weighted by atomic mass is 35.5. The number of aromatic hydroxyl groups is 2. The summed E-state index contributed by atoms with van der Waals surface area (Å²) in [6.07, 6.45) is -0.154. The lowest BCUT2D eigenvalue weighted by molar-refractivity contribution is -0.129. The number of carbonyl (C=O) groups excluding carboxylic acids is 1. The summed E-state index contributed by atoms with van der Waals surface area (Å²) in [7, 11) is 0. The third kappa shape index (κ3) is 5.20. The average molecular weight is 421 g/mol. The van der Waals surface area contributed by atoms with E-state index in [2.05, 4.69) is 0 Å². The standard InChI is InChI=1S/C17H16Cl2F2N2O4/c18-11-3-1-9(14(20)16(11)25)7-23(6-5-13(24)22-27)8-10-2-4-12(19)17(26)15(10)21/h1-4,25-27H,5-8H2,(H,22,24). The lowest BCUT2D eigenvalue weighted by atomic mass is 10.1. The number of phenols is 2. The molecular weight excluding hydrogens is 405 g/mol. The van der Waals surface area contributed by atoms with E-state index in [1.54, 1.807) is 0 Å². The molecule has 0 saturated heterocycles. The highest BCUT2D eigenvalue weighted by molar-refractivity contribution is 6.32. The van der Waals surface area contributed by atoms with Gasteiger partial charge in [-0.25, -0.2) is 14.3 Å². The van der Waals surface area contributed by atoms with Gasteiger partial charge in [0.15, 0.2) is 23.1 Å². The summed E-state index contributed by atoms with van der Waals surface area (Å²) < 4.78 is 28.4. The van der Waals surface area contributed by atoms with Gasteiger partial charge in [-0.1, -0.05) is 35.3 Å². The minimum Gasteiger partial charge on any atom is -0.504 e. The number of hydrogen-bond acceptors (Lipinski definition) is 5. The van der Waals surface area contributed by atoms with E-state index >= 15 is 0 Å². The second-order valence-electron chi connectivity index (χ2n) is 5.73. The summed E-state index contributed by atoms with van der Waals surface area (Å²) >= 11 is 11.3. The summed E-state index contributed by atoms with van der Waals surface area (Å²) in [6.45, 7) is -0.172. The molecule has 0 aliphatic heterocycles. The number of nitrogens with zero attached hydrogens (tertiary/aromatic N) is 1. The van der Waals surface area contributed by atoms with Gasteiger partial charge in [0, 0.05) is 37.2 Å². The van der Waals surface area contributed by atoms with Gasteiger partial charge in [-0.15, -0.1) is 0 Å². The molecule has 146 valence electrons. The van der Waals surface area contributed by atoms with Gasteiger partial charge in [0.1, 0.15) is 0 Å². The maximum Gasteiger partial charge on any atom is 0.244 e. The Labute approximate surface area is 163 Å². The number of hydroxylamine groups is 1. The molecule has 0 aliphatic carbocycles. The molecule has 6 nitrogen and oxygen atoms in total. The first-order chi connectivity index (χ1) is 12.7. The fourth-order valence-corrected chi connectivity index (χ4v) is 2.71. The van der Waals surface area contributed by atoms with Crippen LogP contribution in [0.4, 0.5) is 8.78 Å². The summed E-state index contributed by atoms with van der Waals surface area (Å²) in [6, 6.07) is 5.32. The van der Waals surface area contributed by atoms with E-state index in [9.17, 15) is 23.8 Å². The molecule has 0 fully saturated rings. The van der Waals surface area contributed by atoms with Crippen LogP contribution >= 0.6 is 23.2 Å². The van der Waals surface area contributed by atoms with Crippen LogP contribution < -0.4 is 5.48 Å². The number of amides is 1. The molecule has 0 aliphatic rings. The van der Waals surface area contributed by atoms with Crippen molar-refractivity contribution in [2.24, 2.45) is 0 Å². The molecular formula is C17H16Cl2F2N2O4. The van der Waals surface area contributed by atoms with E-state index in [-0.39, 0.29) is 47.2 Å². The smallest absolute Gasteiger partial charge is 0.244 e. The Morgan fingerprint density at radius 1 is 0.963 bits per heavy atom. The monoisotopic (exact) mass is 420 g/mol. The van der Waals surface area contributed by atoms with Gasteiger partial charge in [-0.2, -0.15) is 0 Å². The maximum absolute atomic E-state index is 14.2. The third-order valence-electron chi connectivity index (χ3n) is 3.86. The lowest BCUT2D eigenvalue weighted by Crippen LogP contribution is -2.29. The zero-order valence-electron chi connectivity index (χ0n) is 13.8. The van der Waals surface area contributed by atoms with Gasteiger partial charge in [0.25, 0.3) is 0 Å². The van der Waals surface area contributed by atoms with Crippen LogP contribution in [0.2, 0.25) is 10.0 Å². The number of nitrogens with one attached hydrogen (secondary N) is 1. The Morgan fingerprint density at radius 2 is 1.41 bits per heavy atom. The normalized spacial score (nSPS) is 11.0. The van der Waals surface area contributed by atoms with E-state index in [0.29, 0.717) is 0 Å². The van der Waals surface area contributed by atoms with Crippen LogP contribution in [-0.2, 0) is 17.9 Å². The molecule has 4 N–H and O–H groups in total. The second kappa shape index (κ2) is 9.18. The van der Waals surface area contributed by atoms with Gasteiger partial charge in [0.2, 0.25) is 5.91 Å². The maximum atomic E-state index is 14.2. The predicted octanol–water partition coefficient (Wildman–Crippen LogP) is 3.58. The number of hydrogen-bond donors (Lipinski definition) is 4. The number of phenolic OH excluding ortho intramolecular Hbond substituents is 2. The van der Waals surface area contributed by atoms with Crippen molar-refractivity contribution in [2.75, 3.05) is 6.54 Å². The van der Waals surface area contributed by atoms with E-state index in [4.69, 9.17) is 28.4 Å². The Morgan fingerprint density at radius 3 is 1.81 bits per heavy atom. The van der Waals surface area contributed by atoms with Crippen molar-refractivity contribution in [3.05, 3.63) is 57.1 Å². The van der Waals surface area contributed by atoms with E-state index in [1.165, 1.54) is 34.6 Å². The Hall–Kier alpha value is -2.13. The Bertz CT molecular complexity index is 793. The summed E-state index contributed by atoms with van der Waals surface area (Å²) in [5, 5.41) is 27.6. The zero-order chi connectivity index (χ0) is 20.1. The summed E-state index contributed by atoms with van der Waals surface area (Å²) in [5.41, 5.74) is 1.61. The number of benzene rings is 2. The predicted molar refractivity (Wildman–Crippen MR) is 94.8 cm³/mol. The van der Waals surface area contributed by atoms with Crippen LogP contribution in [0.25, 0.3) is 0 Å². The van der Waals surface area contributed by atoms with Crippen molar-refractivity contribution in [2.45, 2.75) is 19.5 Å². The van der Waals surface area contributed by atoms with E-state index in [1.807, 2.05) is 0 Å². The fraction of sp³-hybridized carbons (Fsp3) is 0.235. The van der Waals surface area contributed by atoms with E-state index < -0.39 is 29.0 Å². The van der Waals surface area contributed by atoms with Crippen LogP contribution in [0, 0.1) is 11.6 Å². The van der Waals surface area contributed by atoms with Crippen molar-refractivity contribution in [1.82, 2.24) is 10.4 Å². The van der Waals surface area contributed by atoms with Gasteiger partial charge in [-0.05, 0) is 12.1 Å². The Kier molecular flexibility index (Phi) is 7.20. The lowest BCUT2D eigenvalue weighted by Gasteiger charge is -2.23. The number of carbonyl (C=O) groups is 1. The molecule has 2 aromatic carbocycles. The van der Waals surface area contributed by atoms with Crippen molar-refractivity contribution in [1.29, 1.82) is 0 Å². The summed E-state index contributed by atoms with van der Waals surface area (Å²) in [5.74, 6) is -3.97. The molecule has 1 amide bonds. The molecule has 0 unspecified atom stereocenters. The van der Waals surface area contributed by atoms with Crippen LogP contribution in [0.5, 0.6) is 11.5 Å². The molecule has 2 aromatic rings. The first-order valence-electron chi connectivity index (χ1n) is 7.71. The average Bonchev–Trinajstić information content (AvgIpc) is 2.66. The third-order valence-corrected chi connectivity index (χ3v) is 4.47. The largest absolute Gasteiger partial charge is 0.504 e. The minimum absolute atomic E-state index is 0.0258. The topological polar surface area (TPSA) is 93.0 Å². The molecule has 0 bridgehead atoms. The molecule has 0 radical (unpaired) electrons. The van der Waals surface area contributed by atoms with E-state index in [0.717, 1.165) is 0 Å². The van der Waals surface area contributed by atoms with Gasteiger partial charge in [0.05, 0.1) is 10.0 Å². The first kappa shape index (κ1) is 21.2. The van der Waals surface area contributed by atoms with Crippen LogP contribution in [0.1, 0.15) is 17.5 Å². The molecule has 0 spiro atoms. The second-order valence-corrected chi connectivity index (χ2v) is 6.55.